The van der Waals surface area contributed by atoms with E-state index in [0.717, 1.165) is 0 Å². The Morgan fingerprint density at radius 1 is 1.25 bits per heavy atom. The molecule has 0 aliphatic carbocycles. The lowest BCUT2D eigenvalue weighted by Crippen LogP contribution is -2.53. The van der Waals surface area contributed by atoms with E-state index >= 15 is 0 Å². The largest absolute Gasteiger partial charge is 0.480 e. The van der Waals surface area contributed by atoms with Gasteiger partial charge in [-0.05, 0) is 23.6 Å². The monoisotopic (exact) mass is 338 g/mol. The van der Waals surface area contributed by atoms with Gasteiger partial charge in [0.15, 0.2) is 0 Å². The first kappa shape index (κ1) is 19.6. The van der Waals surface area contributed by atoms with Gasteiger partial charge in [-0.15, -0.1) is 0 Å². The molecule has 0 heterocycles. The number of hydrogen-bond acceptors (Lipinski definition) is 3. The SMILES string of the molecule is CC[C@H](C)[C@@H](NC(=O)[C@H](Cc1cccc(F)c1)NC(C)=O)C(=O)O. The van der Waals surface area contributed by atoms with E-state index in [1.807, 2.05) is 6.92 Å². The fraction of sp³-hybridized carbons (Fsp3) is 0.471. The summed E-state index contributed by atoms with van der Waals surface area (Å²) in [6.07, 6.45) is 0.641. The van der Waals surface area contributed by atoms with Crippen LogP contribution in [0.15, 0.2) is 24.3 Å². The highest BCUT2D eigenvalue weighted by Gasteiger charge is 2.29. The fourth-order valence-corrected chi connectivity index (χ4v) is 2.29. The number of nitrogens with one attached hydrogen (secondary N) is 2. The van der Waals surface area contributed by atoms with Crippen LogP contribution in [0.2, 0.25) is 0 Å². The van der Waals surface area contributed by atoms with Gasteiger partial charge in [-0.3, -0.25) is 9.59 Å². The van der Waals surface area contributed by atoms with Crippen LogP contribution >= 0.6 is 0 Å². The van der Waals surface area contributed by atoms with Crippen LogP contribution in [-0.2, 0) is 20.8 Å². The van der Waals surface area contributed by atoms with Crippen LogP contribution in [0.4, 0.5) is 4.39 Å². The highest BCUT2D eigenvalue weighted by atomic mass is 19.1. The minimum absolute atomic E-state index is 0.0655. The van der Waals surface area contributed by atoms with Gasteiger partial charge in [0, 0.05) is 13.3 Å². The quantitative estimate of drug-likeness (QED) is 0.669. The van der Waals surface area contributed by atoms with Gasteiger partial charge in [0.2, 0.25) is 11.8 Å². The van der Waals surface area contributed by atoms with Gasteiger partial charge in [0.25, 0.3) is 0 Å². The number of halogens is 1. The maximum absolute atomic E-state index is 13.3. The van der Waals surface area contributed by atoms with Gasteiger partial charge < -0.3 is 15.7 Å². The molecule has 1 aromatic carbocycles. The summed E-state index contributed by atoms with van der Waals surface area (Å²) in [5.74, 6) is -2.88. The molecule has 0 radical (unpaired) electrons. The van der Waals surface area contributed by atoms with Crippen LogP contribution in [0.25, 0.3) is 0 Å². The Hall–Kier alpha value is -2.44. The van der Waals surface area contributed by atoms with Gasteiger partial charge in [-0.2, -0.15) is 0 Å². The topological polar surface area (TPSA) is 95.5 Å². The summed E-state index contributed by atoms with van der Waals surface area (Å²) in [5, 5.41) is 14.2. The molecule has 132 valence electrons. The van der Waals surface area contributed by atoms with E-state index in [1.165, 1.54) is 25.1 Å². The van der Waals surface area contributed by atoms with Crippen molar-refractivity contribution in [2.24, 2.45) is 5.92 Å². The second-order valence-corrected chi connectivity index (χ2v) is 5.80. The van der Waals surface area contributed by atoms with Crippen molar-refractivity contribution in [3.05, 3.63) is 35.6 Å². The molecule has 3 atom stereocenters. The molecule has 0 fully saturated rings. The number of rotatable bonds is 8. The molecule has 3 N–H and O–H groups in total. The number of carbonyl (C=O) groups is 3. The Balaban J connectivity index is 2.91. The zero-order chi connectivity index (χ0) is 18.3. The second kappa shape index (κ2) is 9.00. The Bertz CT molecular complexity index is 606. The second-order valence-electron chi connectivity index (χ2n) is 5.80. The fourth-order valence-electron chi connectivity index (χ4n) is 2.29. The molecule has 6 nitrogen and oxygen atoms in total. The van der Waals surface area contributed by atoms with Crippen LogP contribution in [0, 0.1) is 11.7 Å². The first-order valence-corrected chi connectivity index (χ1v) is 7.79. The van der Waals surface area contributed by atoms with Crippen LogP contribution in [-0.4, -0.2) is 35.0 Å². The molecule has 0 aliphatic heterocycles. The van der Waals surface area contributed by atoms with Crippen molar-refractivity contribution >= 4 is 17.8 Å². The molecule has 24 heavy (non-hydrogen) atoms. The van der Waals surface area contributed by atoms with Crippen molar-refractivity contribution in [1.29, 1.82) is 0 Å². The summed E-state index contributed by atoms with van der Waals surface area (Å²) in [5.41, 5.74) is 0.527. The van der Waals surface area contributed by atoms with Gasteiger partial charge in [0.1, 0.15) is 17.9 Å². The standard InChI is InChI=1S/C17H23FN2O4/c1-4-10(2)15(17(23)24)20-16(22)14(19-11(3)21)9-12-6-5-7-13(18)8-12/h5-8,10,14-15H,4,9H2,1-3H3,(H,19,21)(H,20,22)(H,23,24)/t10-,14-,15+/m0/s1. The van der Waals surface area contributed by atoms with E-state index in [0.29, 0.717) is 12.0 Å². The van der Waals surface area contributed by atoms with E-state index in [9.17, 15) is 23.9 Å². The Kier molecular flexibility index (Phi) is 7.35. The van der Waals surface area contributed by atoms with Crippen molar-refractivity contribution < 1.29 is 23.9 Å². The van der Waals surface area contributed by atoms with Crippen molar-refractivity contribution in [3.8, 4) is 0 Å². The molecule has 0 spiro atoms. The van der Waals surface area contributed by atoms with Crippen molar-refractivity contribution in [2.45, 2.75) is 45.7 Å². The Morgan fingerprint density at radius 2 is 1.92 bits per heavy atom. The molecule has 0 aromatic heterocycles. The van der Waals surface area contributed by atoms with Crippen LogP contribution < -0.4 is 10.6 Å². The number of benzene rings is 1. The van der Waals surface area contributed by atoms with Crippen LogP contribution in [0.5, 0.6) is 0 Å². The summed E-state index contributed by atoms with van der Waals surface area (Å²) < 4.78 is 13.3. The lowest BCUT2D eigenvalue weighted by Gasteiger charge is -2.24. The Labute approximate surface area is 140 Å². The highest BCUT2D eigenvalue weighted by Crippen LogP contribution is 2.10. The number of carboxylic acid groups (broad SMARTS) is 1. The molecule has 1 rings (SSSR count). The molecule has 2 amide bonds. The number of aliphatic carboxylic acids is 1. The lowest BCUT2D eigenvalue weighted by molar-refractivity contribution is -0.143. The average molecular weight is 338 g/mol. The van der Waals surface area contributed by atoms with E-state index in [-0.39, 0.29) is 12.3 Å². The maximum atomic E-state index is 13.3. The third-order valence-corrected chi connectivity index (χ3v) is 3.80. The third kappa shape index (κ3) is 5.98. The van der Waals surface area contributed by atoms with Crippen LogP contribution in [0.3, 0.4) is 0 Å². The smallest absolute Gasteiger partial charge is 0.326 e. The van der Waals surface area contributed by atoms with E-state index < -0.39 is 35.7 Å². The average Bonchev–Trinajstić information content (AvgIpc) is 2.50. The third-order valence-electron chi connectivity index (χ3n) is 3.80. The molecule has 0 saturated heterocycles. The summed E-state index contributed by atoms with van der Waals surface area (Å²) >= 11 is 0. The van der Waals surface area contributed by atoms with Gasteiger partial charge >= 0.3 is 5.97 Å². The zero-order valence-electron chi connectivity index (χ0n) is 14.0. The number of amides is 2. The van der Waals surface area contributed by atoms with Crippen molar-refractivity contribution in [1.82, 2.24) is 10.6 Å². The highest BCUT2D eigenvalue weighted by molar-refractivity contribution is 5.90. The summed E-state index contributed by atoms with van der Waals surface area (Å²) in [7, 11) is 0. The summed E-state index contributed by atoms with van der Waals surface area (Å²) in [6.45, 7) is 4.80. The lowest BCUT2D eigenvalue weighted by atomic mass is 9.98. The minimum atomic E-state index is -1.13. The Morgan fingerprint density at radius 3 is 2.42 bits per heavy atom. The number of carboxylic acids is 1. The predicted molar refractivity (Wildman–Crippen MR) is 86.7 cm³/mol. The molecule has 0 saturated carbocycles. The molecular formula is C17H23FN2O4. The first-order valence-electron chi connectivity index (χ1n) is 7.79. The molecule has 7 heteroatoms. The normalized spacial score (nSPS) is 14.3. The van der Waals surface area contributed by atoms with Gasteiger partial charge in [0.05, 0.1) is 0 Å². The van der Waals surface area contributed by atoms with E-state index in [4.69, 9.17) is 0 Å². The van der Waals surface area contributed by atoms with E-state index in [2.05, 4.69) is 10.6 Å². The number of hydrogen-bond donors (Lipinski definition) is 3. The summed E-state index contributed by atoms with van der Waals surface area (Å²) in [4.78, 5) is 35.1. The molecule has 0 unspecified atom stereocenters. The van der Waals surface area contributed by atoms with Gasteiger partial charge in [-0.25, -0.2) is 9.18 Å². The van der Waals surface area contributed by atoms with Crippen molar-refractivity contribution in [3.63, 3.8) is 0 Å². The number of carbonyl (C=O) groups excluding carboxylic acids is 2. The zero-order valence-corrected chi connectivity index (χ0v) is 14.0. The molecule has 1 aromatic rings. The van der Waals surface area contributed by atoms with E-state index in [1.54, 1.807) is 13.0 Å². The predicted octanol–water partition coefficient (Wildman–Crippen LogP) is 1.49. The van der Waals surface area contributed by atoms with Crippen LogP contribution in [0.1, 0.15) is 32.8 Å². The maximum Gasteiger partial charge on any atom is 0.326 e. The molecule has 0 bridgehead atoms. The van der Waals surface area contributed by atoms with Gasteiger partial charge in [-0.1, -0.05) is 32.4 Å². The minimum Gasteiger partial charge on any atom is -0.480 e. The summed E-state index contributed by atoms with van der Waals surface area (Å²) in [6, 6.07) is 3.66. The first-order chi connectivity index (χ1) is 11.2. The molecule has 0 aliphatic rings. The molecular weight excluding hydrogens is 315 g/mol. The van der Waals surface area contributed by atoms with Crippen molar-refractivity contribution in [2.75, 3.05) is 0 Å².